The SMILES string of the molecule is CN(CCOc1ccccc1Cl)C(=O)c1cccs1. The monoisotopic (exact) mass is 295 g/mol. The van der Waals surface area contributed by atoms with Gasteiger partial charge in [-0.25, -0.2) is 0 Å². The highest BCUT2D eigenvalue weighted by atomic mass is 35.5. The summed E-state index contributed by atoms with van der Waals surface area (Å²) in [6.45, 7) is 0.930. The Kier molecular flexibility index (Phi) is 4.82. The molecule has 0 fully saturated rings. The number of rotatable bonds is 5. The Hall–Kier alpha value is -1.52. The topological polar surface area (TPSA) is 29.5 Å². The second-order valence-corrected chi connectivity index (χ2v) is 5.34. The van der Waals surface area contributed by atoms with Crippen LogP contribution in [-0.4, -0.2) is 31.0 Å². The highest BCUT2D eigenvalue weighted by molar-refractivity contribution is 7.12. The molecule has 0 aliphatic carbocycles. The van der Waals surface area contributed by atoms with Crippen molar-refractivity contribution in [1.29, 1.82) is 0 Å². The van der Waals surface area contributed by atoms with Gasteiger partial charge in [0, 0.05) is 7.05 Å². The summed E-state index contributed by atoms with van der Waals surface area (Å²) in [6.07, 6.45) is 0. The van der Waals surface area contributed by atoms with Crippen LogP contribution >= 0.6 is 22.9 Å². The smallest absolute Gasteiger partial charge is 0.263 e. The van der Waals surface area contributed by atoms with Crippen LogP contribution in [0.2, 0.25) is 5.02 Å². The molecule has 0 aliphatic heterocycles. The van der Waals surface area contributed by atoms with Crippen LogP contribution in [-0.2, 0) is 0 Å². The number of nitrogens with zero attached hydrogens (tertiary/aromatic N) is 1. The molecule has 0 radical (unpaired) electrons. The Labute approximate surface area is 121 Å². The zero-order chi connectivity index (χ0) is 13.7. The molecule has 2 rings (SSSR count). The zero-order valence-corrected chi connectivity index (χ0v) is 12.1. The molecule has 0 N–H and O–H groups in total. The van der Waals surface area contributed by atoms with Gasteiger partial charge in [0.25, 0.3) is 5.91 Å². The number of likely N-dealkylation sites (N-methyl/N-ethyl adjacent to an activating group) is 1. The van der Waals surface area contributed by atoms with E-state index in [1.54, 1.807) is 18.0 Å². The lowest BCUT2D eigenvalue weighted by atomic mass is 10.3. The van der Waals surface area contributed by atoms with Crippen LogP contribution in [0.5, 0.6) is 5.75 Å². The number of carbonyl (C=O) groups is 1. The summed E-state index contributed by atoms with van der Waals surface area (Å²) >= 11 is 7.42. The van der Waals surface area contributed by atoms with E-state index in [1.165, 1.54) is 11.3 Å². The largest absolute Gasteiger partial charge is 0.490 e. The standard InChI is InChI=1S/C14H14ClNO2S/c1-16(14(17)13-7-4-10-19-13)8-9-18-12-6-3-2-5-11(12)15/h2-7,10H,8-9H2,1H3. The van der Waals surface area contributed by atoms with E-state index in [-0.39, 0.29) is 5.91 Å². The minimum atomic E-state index is 0.0118. The van der Waals surface area contributed by atoms with E-state index in [4.69, 9.17) is 16.3 Å². The van der Waals surface area contributed by atoms with Gasteiger partial charge in [-0.2, -0.15) is 0 Å². The molecule has 2 aromatic rings. The van der Waals surface area contributed by atoms with Gasteiger partial charge in [-0.05, 0) is 23.6 Å². The van der Waals surface area contributed by atoms with E-state index in [0.717, 1.165) is 4.88 Å². The second-order valence-electron chi connectivity index (χ2n) is 3.98. The number of benzene rings is 1. The summed E-state index contributed by atoms with van der Waals surface area (Å²) in [4.78, 5) is 14.3. The first-order chi connectivity index (χ1) is 9.18. The van der Waals surface area contributed by atoms with Crippen molar-refractivity contribution in [2.45, 2.75) is 0 Å². The van der Waals surface area contributed by atoms with Crippen LogP contribution in [0.1, 0.15) is 9.67 Å². The first-order valence-corrected chi connectivity index (χ1v) is 7.10. The Bertz CT molecular complexity index is 542. The van der Waals surface area contributed by atoms with Gasteiger partial charge in [0.05, 0.1) is 16.4 Å². The van der Waals surface area contributed by atoms with Gasteiger partial charge < -0.3 is 9.64 Å². The van der Waals surface area contributed by atoms with Gasteiger partial charge in [-0.1, -0.05) is 29.8 Å². The number of halogens is 1. The van der Waals surface area contributed by atoms with Crippen LogP contribution in [0.25, 0.3) is 0 Å². The van der Waals surface area contributed by atoms with Gasteiger partial charge in [0.15, 0.2) is 0 Å². The molecule has 100 valence electrons. The van der Waals surface area contributed by atoms with E-state index in [9.17, 15) is 4.79 Å². The number of thiophene rings is 1. The van der Waals surface area contributed by atoms with Crippen LogP contribution in [0.15, 0.2) is 41.8 Å². The Morgan fingerprint density at radius 2 is 2.11 bits per heavy atom. The molecular weight excluding hydrogens is 282 g/mol. The zero-order valence-electron chi connectivity index (χ0n) is 10.5. The van der Waals surface area contributed by atoms with Crippen LogP contribution < -0.4 is 4.74 Å². The van der Waals surface area contributed by atoms with E-state index in [0.29, 0.717) is 23.9 Å². The maximum atomic E-state index is 12.0. The average molecular weight is 296 g/mol. The van der Waals surface area contributed by atoms with E-state index in [1.807, 2.05) is 35.7 Å². The predicted octanol–water partition coefficient (Wildman–Crippen LogP) is 3.55. The molecule has 3 nitrogen and oxygen atoms in total. The molecule has 1 aromatic heterocycles. The Morgan fingerprint density at radius 3 is 2.79 bits per heavy atom. The van der Waals surface area contributed by atoms with Crippen molar-refractivity contribution in [2.75, 3.05) is 20.2 Å². The Morgan fingerprint density at radius 1 is 1.32 bits per heavy atom. The molecule has 1 amide bonds. The van der Waals surface area contributed by atoms with Gasteiger partial charge >= 0.3 is 0 Å². The highest BCUT2D eigenvalue weighted by Gasteiger charge is 2.12. The average Bonchev–Trinajstić information content (AvgIpc) is 2.94. The highest BCUT2D eigenvalue weighted by Crippen LogP contribution is 2.22. The second kappa shape index (κ2) is 6.59. The maximum Gasteiger partial charge on any atom is 0.263 e. The fourth-order valence-corrected chi connectivity index (χ4v) is 2.45. The molecule has 0 saturated heterocycles. The molecular formula is C14H14ClNO2S. The molecule has 1 aromatic carbocycles. The summed E-state index contributed by atoms with van der Waals surface area (Å²) in [7, 11) is 1.76. The minimum Gasteiger partial charge on any atom is -0.490 e. The molecule has 0 bridgehead atoms. The van der Waals surface area contributed by atoms with Crippen molar-refractivity contribution in [1.82, 2.24) is 4.90 Å². The summed E-state index contributed by atoms with van der Waals surface area (Å²) in [6, 6.07) is 11.0. The molecule has 0 unspecified atom stereocenters. The number of carbonyl (C=O) groups excluding carboxylic acids is 1. The minimum absolute atomic E-state index is 0.0118. The number of hydrogen-bond donors (Lipinski definition) is 0. The Balaban J connectivity index is 1.83. The number of amides is 1. The number of para-hydroxylation sites is 1. The van der Waals surface area contributed by atoms with Crippen LogP contribution in [0.4, 0.5) is 0 Å². The van der Waals surface area contributed by atoms with E-state index < -0.39 is 0 Å². The number of hydrogen-bond acceptors (Lipinski definition) is 3. The lowest BCUT2D eigenvalue weighted by molar-refractivity contribution is 0.0778. The van der Waals surface area contributed by atoms with E-state index in [2.05, 4.69) is 0 Å². The van der Waals surface area contributed by atoms with Crippen LogP contribution in [0, 0.1) is 0 Å². The first-order valence-electron chi connectivity index (χ1n) is 5.85. The van der Waals surface area contributed by atoms with Crippen molar-refractivity contribution in [3.63, 3.8) is 0 Å². The van der Waals surface area contributed by atoms with Crippen molar-refractivity contribution >= 4 is 28.8 Å². The molecule has 0 aliphatic rings. The summed E-state index contributed by atoms with van der Waals surface area (Å²) in [5.74, 6) is 0.652. The van der Waals surface area contributed by atoms with E-state index >= 15 is 0 Å². The predicted molar refractivity (Wildman–Crippen MR) is 78.2 cm³/mol. The van der Waals surface area contributed by atoms with Crippen molar-refractivity contribution in [3.8, 4) is 5.75 Å². The number of ether oxygens (including phenoxy) is 1. The van der Waals surface area contributed by atoms with Crippen LogP contribution in [0.3, 0.4) is 0 Å². The molecule has 0 atom stereocenters. The van der Waals surface area contributed by atoms with Crippen molar-refractivity contribution in [2.24, 2.45) is 0 Å². The normalized spacial score (nSPS) is 10.2. The quantitative estimate of drug-likeness (QED) is 0.844. The summed E-state index contributed by atoms with van der Waals surface area (Å²) in [5.41, 5.74) is 0. The fraction of sp³-hybridized carbons (Fsp3) is 0.214. The fourth-order valence-electron chi connectivity index (χ4n) is 1.54. The molecule has 5 heteroatoms. The van der Waals surface area contributed by atoms with Crippen molar-refractivity contribution in [3.05, 3.63) is 51.7 Å². The third kappa shape index (κ3) is 3.72. The molecule has 0 saturated carbocycles. The third-order valence-electron chi connectivity index (χ3n) is 2.60. The first kappa shape index (κ1) is 13.9. The third-order valence-corrected chi connectivity index (χ3v) is 3.77. The van der Waals surface area contributed by atoms with Gasteiger partial charge in [0.2, 0.25) is 0 Å². The van der Waals surface area contributed by atoms with Gasteiger partial charge in [-0.3, -0.25) is 4.79 Å². The van der Waals surface area contributed by atoms with Gasteiger partial charge in [-0.15, -0.1) is 11.3 Å². The summed E-state index contributed by atoms with van der Waals surface area (Å²) in [5, 5.41) is 2.47. The summed E-state index contributed by atoms with van der Waals surface area (Å²) < 4.78 is 5.55. The molecule has 0 spiro atoms. The lowest BCUT2D eigenvalue weighted by Gasteiger charge is -2.16. The molecule has 19 heavy (non-hydrogen) atoms. The lowest BCUT2D eigenvalue weighted by Crippen LogP contribution is -2.30. The van der Waals surface area contributed by atoms with Crippen molar-refractivity contribution < 1.29 is 9.53 Å². The van der Waals surface area contributed by atoms with Gasteiger partial charge in [0.1, 0.15) is 12.4 Å². The maximum absolute atomic E-state index is 12.0. The molecule has 1 heterocycles.